The highest BCUT2D eigenvalue weighted by molar-refractivity contribution is 5.71. The fourth-order valence-electron chi connectivity index (χ4n) is 3.36. The van der Waals surface area contributed by atoms with Gasteiger partial charge in [0, 0.05) is 12.1 Å². The van der Waals surface area contributed by atoms with Gasteiger partial charge in [0.2, 0.25) is 0 Å². The molecule has 3 heteroatoms. The number of hydrogen-bond acceptors (Lipinski definition) is 2. The Hall–Kier alpha value is -0.570. The fourth-order valence-corrected chi connectivity index (χ4v) is 3.36. The van der Waals surface area contributed by atoms with Crippen molar-refractivity contribution >= 4 is 5.97 Å². The number of unbranched alkanes of at least 4 members (excludes halogenated alkanes) is 2. The Balaban J connectivity index is 2.73. The Kier molecular flexibility index (Phi) is 6.84. The molecule has 1 aliphatic carbocycles. The molecule has 3 unspecified atom stereocenters. The number of carboxylic acid groups (broad SMARTS) is 1. The average molecular weight is 269 g/mol. The normalized spacial score (nSPS) is 28.0. The minimum Gasteiger partial charge on any atom is -0.481 e. The van der Waals surface area contributed by atoms with Crippen molar-refractivity contribution in [2.45, 2.75) is 78.3 Å². The SMILES string of the molecule is CCCCCN(C(C)C)C1CC(C)CCC1C(=O)O. The van der Waals surface area contributed by atoms with Gasteiger partial charge in [-0.05, 0) is 52.0 Å². The molecule has 3 atom stereocenters. The highest BCUT2D eigenvalue weighted by Gasteiger charge is 2.37. The minimum absolute atomic E-state index is 0.166. The Labute approximate surface area is 118 Å². The highest BCUT2D eigenvalue weighted by Crippen LogP contribution is 2.33. The van der Waals surface area contributed by atoms with E-state index in [1.54, 1.807) is 0 Å². The standard InChI is InChI=1S/C16H31NO2/c1-5-6-7-10-17(12(2)3)15-11-13(4)8-9-14(15)16(18)19/h12-15H,5-11H2,1-4H3,(H,18,19). The van der Waals surface area contributed by atoms with Crippen molar-refractivity contribution in [1.82, 2.24) is 4.90 Å². The zero-order chi connectivity index (χ0) is 14.4. The van der Waals surface area contributed by atoms with Crippen LogP contribution in [-0.4, -0.2) is 34.6 Å². The maximum atomic E-state index is 11.5. The second-order valence-electron chi connectivity index (χ2n) is 6.47. The number of rotatable bonds is 7. The van der Waals surface area contributed by atoms with Gasteiger partial charge in [-0.2, -0.15) is 0 Å². The van der Waals surface area contributed by atoms with E-state index in [0.717, 1.165) is 25.8 Å². The maximum Gasteiger partial charge on any atom is 0.308 e. The second kappa shape index (κ2) is 7.88. The molecule has 1 rings (SSSR count). The van der Waals surface area contributed by atoms with Gasteiger partial charge >= 0.3 is 5.97 Å². The van der Waals surface area contributed by atoms with Crippen LogP contribution in [0.1, 0.15) is 66.2 Å². The van der Waals surface area contributed by atoms with Crippen LogP contribution in [0.4, 0.5) is 0 Å². The summed E-state index contributed by atoms with van der Waals surface area (Å²) in [5.74, 6) is -0.105. The lowest BCUT2D eigenvalue weighted by Crippen LogP contribution is -2.50. The van der Waals surface area contributed by atoms with Crippen molar-refractivity contribution in [3.8, 4) is 0 Å². The summed E-state index contributed by atoms with van der Waals surface area (Å²) in [5.41, 5.74) is 0. The number of carboxylic acids is 1. The summed E-state index contributed by atoms with van der Waals surface area (Å²) in [7, 11) is 0. The third kappa shape index (κ3) is 4.79. The van der Waals surface area contributed by atoms with E-state index in [2.05, 4.69) is 32.6 Å². The van der Waals surface area contributed by atoms with E-state index in [4.69, 9.17) is 0 Å². The van der Waals surface area contributed by atoms with E-state index < -0.39 is 5.97 Å². The number of nitrogens with zero attached hydrogens (tertiary/aromatic N) is 1. The smallest absolute Gasteiger partial charge is 0.308 e. The molecule has 0 aromatic heterocycles. The van der Waals surface area contributed by atoms with Gasteiger partial charge in [0.05, 0.1) is 5.92 Å². The summed E-state index contributed by atoms with van der Waals surface area (Å²) in [6.07, 6.45) is 6.60. The first-order chi connectivity index (χ1) is 8.97. The summed E-state index contributed by atoms with van der Waals surface area (Å²) in [4.78, 5) is 14.0. The Morgan fingerprint density at radius 3 is 2.53 bits per heavy atom. The van der Waals surface area contributed by atoms with Crippen LogP contribution in [0.5, 0.6) is 0 Å². The van der Waals surface area contributed by atoms with Gasteiger partial charge in [-0.25, -0.2) is 0 Å². The monoisotopic (exact) mass is 269 g/mol. The molecule has 0 aromatic rings. The molecule has 0 aliphatic heterocycles. The largest absolute Gasteiger partial charge is 0.481 e. The molecular weight excluding hydrogens is 238 g/mol. The summed E-state index contributed by atoms with van der Waals surface area (Å²) in [6.45, 7) is 9.92. The van der Waals surface area contributed by atoms with Crippen LogP contribution in [0.25, 0.3) is 0 Å². The van der Waals surface area contributed by atoms with Crippen molar-refractivity contribution in [3.05, 3.63) is 0 Å². The predicted octanol–water partition coefficient (Wildman–Crippen LogP) is 3.78. The molecule has 0 aromatic carbocycles. The highest BCUT2D eigenvalue weighted by atomic mass is 16.4. The van der Waals surface area contributed by atoms with Crippen molar-refractivity contribution in [2.75, 3.05) is 6.54 Å². The summed E-state index contributed by atoms with van der Waals surface area (Å²) < 4.78 is 0. The molecule has 1 fully saturated rings. The molecule has 1 aliphatic rings. The van der Waals surface area contributed by atoms with E-state index in [1.807, 2.05) is 0 Å². The third-order valence-corrected chi connectivity index (χ3v) is 4.51. The van der Waals surface area contributed by atoms with Gasteiger partial charge in [-0.3, -0.25) is 9.69 Å². The van der Waals surface area contributed by atoms with E-state index in [-0.39, 0.29) is 12.0 Å². The molecule has 0 heterocycles. The molecule has 0 saturated heterocycles. The number of aliphatic carboxylic acids is 1. The third-order valence-electron chi connectivity index (χ3n) is 4.51. The van der Waals surface area contributed by atoms with Gasteiger partial charge in [-0.15, -0.1) is 0 Å². The Bertz CT molecular complexity index is 278. The zero-order valence-electron chi connectivity index (χ0n) is 13.1. The molecule has 0 amide bonds. The molecule has 0 bridgehead atoms. The summed E-state index contributed by atoms with van der Waals surface area (Å²) >= 11 is 0. The molecule has 0 radical (unpaired) electrons. The molecule has 3 nitrogen and oxygen atoms in total. The zero-order valence-corrected chi connectivity index (χ0v) is 13.1. The summed E-state index contributed by atoms with van der Waals surface area (Å²) in [6, 6.07) is 0.673. The minimum atomic E-state index is -0.599. The quantitative estimate of drug-likeness (QED) is 0.715. The molecule has 1 saturated carbocycles. The van der Waals surface area contributed by atoms with E-state index in [9.17, 15) is 9.90 Å². The predicted molar refractivity (Wildman–Crippen MR) is 79.3 cm³/mol. The van der Waals surface area contributed by atoms with Gasteiger partial charge in [-0.1, -0.05) is 26.7 Å². The van der Waals surface area contributed by atoms with Crippen LogP contribution in [0, 0.1) is 11.8 Å². The lowest BCUT2D eigenvalue weighted by Gasteiger charge is -2.42. The Morgan fingerprint density at radius 2 is 2.00 bits per heavy atom. The van der Waals surface area contributed by atoms with E-state index in [0.29, 0.717) is 12.0 Å². The van der Waals surface area contributed by atoms with Gasteiger partial charge in [0.1, 0.15) is 0 Å². The second-order valence-corrected chi connectivity index (χ2v) is 6.47. The number of hydrogen-bond donors (Lipinski definition) is 1. The van der Waals surface area contributed by atoms with E-state index in [1.165, 1.54) is 19.3 Å². The van der Waals surface area contributed by atoms with Crippen LogP contribution in [-0.2, 0) is 4.79 Å². The first-order valence-electron chi connectivity index (χ1n) is 7.95. The molecule has 19 heavy (non-hydrogen) atoms. The first kappa shape index (κ1) is 16.5. The van der Waals surface area contributed by atoms with Crippen molar-refractivity contribution in [3.63, 3.8) is 0 Å². The van der Waals surface area contributed by atoms with Crippen molar-refractivity contribution in [2.24, 2.45) is 11.8 Å². The van der Waals surface area contributed by atoms with Crippen LogP contribution in [0.15, 0.2) is 0 Å². The van der Waals surface area contributed by atoms with Crippen LogP contribution < -0.4 is 0 Å². The van der Waals surface area contributed by atoms with Gasteiger partial charge < -0.3 is 5.11 Å². The maximum absolute atomic E-state index is 11.5. The summed E-state index contributed by atoms with van der Waals surface area (Å²) in [5, 5.41) is 9.47. The van der Waals surface area contributed by atoms with Crippen LogP contribution >= 0.6 is 0 Å². The first-order valence-corrected chi connectivity index (χ1v) is 7.95. The molecule has 0 spiro atoms. The lowest BCUT2D eigenvalue weighted by atomic mass is 9.78. The van der Waals surface area contributed by atoms with Crippen LogP contribution in [0.3, 0.4) is 0 Å². The van der Waals surface area contributed by atoms with Gasteiger partial charge in [0.15, 0.2) is 0 Å². The Morgan fingerprint density at radius 1 is 1.32 bits per heavy atom. The average Bonchev–Trinajstić information content (AvgIpc) is 2.33. The van der Waals surface area contributed by atoms with E-state index >= 15 is 0 Å². The van der Waals surface area contributed by atoms with Crippen molar-refractivity contribution < 1.29 is 9.90 Å². The van der Waals surface area contributed by atoms with Crippen molar-refractivity contribution in [1.29, 1.82) is 0 Å². The number of carbonyl (C=O) groups is 1. The molecule has 112 valence electrons. The van der Waals surface area contributed by atoms with Gasteiger partial charge in [0.25, 0.3) is 0 Å². The topological polar surface area (TPSA) is 40.5 Å². The van der Waals surface area contributed by atoms with Crippen LogP contribution in [0.2, 0.25) is 0 Å². The molecular formula is C16H31NO2. The molecule has 1 N–H and O–H groups in total. The fraction of sp³-hybridized carbons (Fsp3) is 0.938. The lowest BCUT2D eigenvalue weighted by molar-refractivity contribution is -0.146.